The molecule has 5 heteroatoms. The minimum Gasteiger partial charge on any atom is -0.493 e. The predicted octanol–water partition coefficient (Wildman–Crippen LogP) is 2.94. The molecule has 0 aliphatic carbocycles. The zero-order valence-corrected chi connectivity index (χ0v) is 11.7. The Morgan fingerprint density at radius 2 is 2.18 bits per heavy atom. The number of hydrogen-bond acceptors (Lipinski definition) is 4. The van der Waals surface area contributed by atoms with Gasteiger partial charge in [-0.3, -0.25) is 0 Å². The highest BCUT2D eigenvalue weighted by atomic mass is 35.5. The van der Waals surface area contributed by atoms with Gasteiger partial charge in [0.05, 0.1) is 13.7 Å². The lowest BCUT2D eigenvalue weighted by atomic mass is 10.2. The van der Waals surface area contributed by atoms with Crippen molar-refractivity contribution in [3.05, 3.63) is 22.7 Å². The van der Waals surface area contributed by atoms with Crippen LogP contribution in [0.15, 0.2) is 12.1 Å². The summed E-state index contributed by atoms with van der Waals surface area (Å²) in [5.41, 5.74) is 6.55. The Kier molecular flexibility index (Phi) is 6.55. The molecule has 0 radical (unpaired) electrons. The lowest BCUT2D eigenvalue weighted by molar-refractivity contribution is 0.292. The van der Waals surface area contributed by atoms with E-state index in [1.54, 1.807) is 24.9 Å². The molecule has 17 heavy (non-hydrogen) atoms. The fourth-order valence-corrected chi connectivity index (χ4v) is 2.10. The van der Waals surface area contributed by atoms with E-state index >= 15 is 0 Å². The van der Waals surface area contributed by atoms with Gasteiger partial charge >= 0.3 is 0 Å². The lowest BCUT2D eigenvalue weighted by Gasteiger charge is -2.14. The van der Waals surface area contributed by atoms with Crippen molar-refractivity contribution in [2.45, 2.75) is 13.0 Å². The van der Waals surface area contributed by atoms with Crippen molar-refractivity contribution in [2.24, 2.45) is 5.73 Å². The van der Waals surface area contributed by atoms with Gasteiger partial charge in [0.2, 0.25) is 0 Å². The van der Waals surface area contributed by atoms with E-state index in [2.05, 4.69) is 6.26 Å². The van der Waals surface area contributed by atoms with Crippen LogP contribution in [0.25, 0.3) is 0 Å². The van der Waals surface area contributed by atoms with Crippen molar-refractivity contribution in [2.75, 3.05) is 25.7 Å². The molecular weight excluding hydrogens is 258 g/mol. The number of rotatable bonds is 7. The molecule has 1 aromatic rings. The largest absolute Gasteiger partial charge is 0.493 e. The van der Waals surface area contributed by atoms with E-state index in [1.807, 2.05) is 6.07 Å². The topological polar surface area (TPSA) is 44.5 Å². The minimum atomic E-state index is 0.384. The first-order valence-corrected chi connectivity index (χ1v) is 7.18. The second-order valence-electron chi connectivity index (χ2n) is 3.50. The van der Waals surface area contributed by atoms with Crippen LogP contribution in [-0.4, -0.2) is 25.7 Å². The van der Waals surface area contributed by atoms with Gasteiger partial charge in [0, 0.05) is 23.2 Å². The molecule has 96 valence electrons. The van der Waals surface area contributed by atoms with Crippen LogP contribution in [0.4, 0.5) is 0 Å². The molecule has 0 saturated carbocycles. The summed E-state index contributed by atoms with van der Waals surface area (Å²) in [5, 5.41) is 0.610. The summed E-state index contributed by atoms with van der Waals surface area (Å²) in [6.45, 7) is 1.04. The van der Waals surface area contributed by atoms with Crippen molar-refractivity contribution < 1.29 is 9.47 Å². The molecule has 1 aromatic carbocycles. The van der Waals surface area contributed by atoms with Crippen molar-refractivity contribution >= 4 is 23.4 Å². The molecular formula is C12H18ClNO2S. The number of hydrogen-bond donors (Lipinski definition) is 1. The fourth-order valence-electron chi connectivity index (χ4n) is 1.47. The lowest BCUT2D eigenvalue weighted by Crippen LogP contribution is -2.06. The summed E-state index contributed by atoms with van der Waals surface area (Å²) >= 11 is 7.77. The molecule has 0 aliphatic heterocycles. The maximum absolute atomic E-state index is 5.97. The molecule has 1 rings (SSSR count). The number of thioether (sulfide) groups is 1. The van der Waals surface area contributed by atoms with Gasteiger partial charge in [-0.25, -0.2) is 0 Å². The SMILES string of the molecule is COc1cc(Cl)cc(CN)c1OCCCSC. The zero-order chi connectivity index (χ0) is 12.7. The van der Waals surface area contributed by atoms with Crippen LogP contribution in [0.2, 0.25) is 5.02 Å². The maximum atomic E-state index is 5.97. The first kappa shape index (κ1) is 14.5. The molecule has 0 unspecified atom stereocenters. The third kappa shape index (κ3) is 4.30. The Balaban J connectivity index is 2.79. The van der Waals surface area contributed by atoms with E-state index in [-0.39, 0.29) is 0 Å². The standard InChI is InChI=1S/C12H18ClNO2S/c1-15-11-7-10(13)6-9(8-14)12(11)16-4-3-5-17-2/h6-7H,3-5,8,14H2,1-2H3. The number of ether oxygens (including phenoxy) is 2. The predicted molar refractivity (Wildman–Crippen MR) is 74.4 cm³/mol. The number of benzene rings is 1. The van der Waals surface area contributed by atoms with E-state index in [0.717, 1.165) is 17.7 Å². The smallest absolute Gasteiger partial charge is 0.165 e. The molecule has 2 N–H and O–H groups in total. The zero-order valence-electron chi connectivity index (χ0n) is 10.2. The molecule has 0 heterocycles. The maximum Gasteiger partial charge on any atom is 0.165 e. The monoisotopic (exact) mass is 275 g/mol. The average molecular weight is 276 g/mol. The minimum absolute atomic E-state index is 0.384. The summed E-state index contributed by atoms with van der Waals surface area (Å²) in [6, 6.07) is 3.55. The second kappa shape index (κ2) is 7.69. The molecule has 0 bridgehead atoms. The Labute approximate surface area is 112 Å². The fraction of sp³-hybridized carbons (Fsp3) is 0.500. The molecule has 0 spiro atoms. The molecule has 3 nitrogen and oxygen atoms in total. The molecule has 0 aliphatic rings. The number of halogens is 1. The van der Waals surface area contributed by atoms with E-state index in [1.165, 1.54) is 0 Å². The third-order valence-electron chi connectivity index (χ3n) is 2.28. The summed E-state index contributed by atoms with van der Waals surface area (Å²) in [4.78, 5) is 0. The van der Waals surface area contributed by atoms with Crippen molar-refractivity contribution in [1.29, 1.82) is 0 Å². The summed E-state index contributed by atoms with van der Waals surface area (Å²) in [6.07, 6.45) is 3.07. The molecule has 0 saturated heterocycles. The molecule has 0 aromatic heterocycles. The van der Waals surface area contributed by atoms with Crippen LogP contribution in [0.1, 0.15) is 12.0 Å². The first-order chi connectivity index (χ1) is 8.22. The second-order valence-corrected chi connectivity index (χ2v) is 4.92. The highest BCUT2D eigenvalue weighted by molar-refractivity contribution is 7.98. The first-order valence-electron chi connectivity index (χ1n) is 5.41. The molecule has 0 amide bonds. The van der Waals surface area contributed by atoms with Crippen LogP contribution in [0.3, 0.4) is 0 Å². The van der Waals surface area contributed by atoms with E-state index < -0.39 is 0 Å². The molecule has 0 atom stereocenters. The Morgan fingerprint density at radius 1 is 1.41 bits per heavy atom. The average Bonchev–Trinajstić information content (AvgIpc) is 2.35. The van der Waals surface area contributed by atoms with Crippen LogP contribution in [0.5, 0.6) is 11.5 Å². The number of nitrogens with two attached hydrogens (primary N) is 1. The summed E-state index contributed by atoms with van der Waals surface area (Å²) in [5.74, 6) is 2.43. The van der Waals surface area contributed by atoms with Crippen LogP contribution in [-0.2, 0) is 6.54 Å². The Morgan fingerprint density at radius 3 is 2.76 bits per heavy atom. The van der Waals surface area contributed by atoms with Gasteiger partial charge in [-0.05, 0) is 24.5 Å². The van der Waals surface area contributed by atoms with Crippen LogP contribution in [0, 0.1) is 0 Å². The van der Waals surface area contributed by atoms with Gasteiger partial charge in [-0.1, -0.05) is 11.6 Å². The normalized spacial score (nSPS) is 10.4. The Hall–Kier alpha value is -0.580. The van der Waals surface area contributed by atoms with Gasteiger partial charge in [0.1, 0.15) is 0 Å². The van der Waals surface area contributed by atoms with Gasteiger partial charge in [0.25, 0.3) is 0 Å². The van der Waals surface area contributed by atoms with Gasteiger partial charge in [0.15, 0.2) is 11.5 Å². The summed E-state index contributed by atoms with van der Waals surface area (Å²) < 4.78 is 11.0. The van der Waals surface area contributed by atoms with E-state index in [9.17, 15) is 0 Å². The van der Waals surface area contributed by atoms with Gasteiger partial charge in [-0.15, -0.1) is 0 Å². The van der Waals surface area contributed by atoms with Crippen molar-refractivity contribution in [1.82, 2.24) is 0 Å². The Bertz CT molecular complexity index is 335. The quantitative estimate of drug-likeness (QED) is 0.777. The van der Waals surface area contributed by atoms with Gasteiger partial charge < -0.3 is 15.2 Å². The van der Waals surface area contributed by atoms with Crippen molar-refractivity contribution in [3.63, 3.8) is 0 Å². The molecule has 0 fully saturated rings. The van der Waals surface area contributed by atoms with Crippen LogP contribution < -0.4 is 15.2 Å². The van der Waals surface area contributed by atoms with E-state index in [4.69, 9.17) is 26.8 Å². The highest BCUT2D eigenvalue weighted by Crippen LogP contribution is 2.34. The summed E-state index contributed by atoms with van der Waals surface area (Å²) in [7, 11) is 1.60. The number of methoxy groups -OCH3 is 1. The van der Waals surface area contributed by atoms with E-state index in [0.29, 0.717) is 29.7 Å². The van der Waals surface area contributed by atoms with Crippen molar-refractivity contribution in [3.8, 4) is 11.5 Å². The third-order valence-corrected chi connectivity index (χ3v) is 3.19. The van der Waals surface area contributed by atoms with Crippen LogP contribution >= 0.6 is 23.4 Å². The highest BCUT2D eigenvalue weighted by Gasteiger charge is 2.11. The van der Waals surface area contributed by atoms with Gasteiger partial charge in [-0.2, -0.15) is 11.8 Å².